The molecule has 1 amide bonds. The maximum atomic E-state index is 13.2. The SMILES string of the molecule is Cc1ccc([N+](=O)[O-])cc1NC(=O)c1cc(-c2cccc(Br)c2)nc2ccccc12. The average Bonchev–Trinajstić information content (AvgIpc) is 2.74. The lowest BCUT2D eigenvalue weighted by Gasteiger charge is -2.12. The molecule has 148 valence electrons. The molecule has 7 heteroatoms. The van der Waals surface area contributed by atoms with Crippen molar-refractivity contribution in [3.8, 4) is 11.3 Å². The summed E-state index contributed by atoms with van der Waals surface area (Å²) in [6, 6.07) is 21.2. The molecule has 3 aromatic carbocycles. The number of aromatic nitrogens is 1. The van der Waals surface area contributed by atoms with Crippen molar-refractivity contribution >= 4 is 44.1 Å². The molecule has 0 spiro atoms. The molecule has 0 aliphatic heterocycles. The van der Waals surface area contributed by atoms with Gasteiger partial charge in [-0.3, -0.25) is 14.9 Å². The van der Waals surface area contributed by atoms with Crippen LogP contribution in [-0.4, -0.2) is 15.8 Å². The van der Waals surface area contributed by atoms with Gasteiger partial charge in [0.2, 0.25) is 0 Å². The van der Waals surface area contributed by atoms with E-state index < -0.39 is 4.92 Å². The summed E-state index contributed by atoms with van der Waals surface area (Å²) >= 11 is 3.47. The Morgan fingerprint density at radius 1 is 1.03 bits per heavy atom. The molecule has 1 N–H and O–H groups in total. The molecule has 30 heavy (non-hydrogen) atoms. The van der Waals surface area contributed by atoms with Crippen molar-refractivity contribution in [3.63, 3.8) is 0 Å². The molecule has 0 saturated heterocycles. The summed E-state index contributed by atoms with van der Waals surface area (Å²) in [6.45, 7) is 1.79. The van der Waals surface area contributed by atoms with Crippen LogP contribution in [0.3, 0.4) is 0 Å². The number of nitro benzene ring substituents is 1. The van der Waals surface area contributed by atoms with Crippen molar-refractivity contribution in [2.75, 3.05) is 5.32 Å². The van der Waals surface area contributed by atoms with Crippen LogP contribution >= 0.6 is 15.9 Å². The van der Waals surface area contributed by atoms with Gasteiger partial charge in [-0.15, -0.1) is 0 Å². The monoisotopic (exact) mass is 461 g/mol. The van der Waals surface area contributed by atoms with Crippen LogP contribution < -0.4 is 5.32 Å². The van der Waals surface area contributed by atoms with E-state index >= 15 is 0 Å². The van der Waals surface area contributed by atoms with Crippen molar-refractivity contribution in [1.82, 2.24) is 4.98 Å². The normalized spacial score (nSPS) is 10.7. The van der Waals surface area contributed by atoms with Gasteiger partial charge in [0.05, 0.1) is 27.4 Å². The number of nitrogens with one attached hydrogen (secondary N) is 1. The highest BCUT2D eigenvalue weighted by atomic mass is 79.9. The van der Waals surface area contributed by atoms with E-state index in [4.69, 9.17) is 4.98 Å². The minimum Gasteiger partial charge on any atom is -0.321 e. The molecule has 0 unspecified atom stereocenters. The number of carbonyl (C=O) groups is 1. The van der Waals surface area contributed by atoms with Crippen molar-refractivity contribution in [2.45, 2.75) is 6.92 Å². The third-order valence-corrected chi connectivity index (χ3v) is 5.25. The number of amides is 1. The lowest BCUT2D eigenvalue weighted by atomic mass is 10.0. The van der Waals surface area contributed by atoms with Gasteiger partial charge in [-0.2, -0.15) is 0 Å². The Morgan fingerprint density at radius 3 is 2.60 bits per heavy atom. The number of benzene rings is 3. The maximum Gasteiger partial charge on any atom is 0.271 e. The van der Waals surface area contributed by atoms with Crippen molar-refractivity contribution in [3.05, 3.63) is 98.5 Å². The fourth-order valence-electron chi connectivity index (χ4n) is 3.21. The fourth-order valence-corrected chi connectivity index (χ4v) is 3.61. The zero-order chi connectivity index (χ0) is 21.3. The lowest BCUT2D eigenvalue weighted by molar-refractivity contribution is -0.384. The largest absolute Gasteiger partial charge is 0.321 e. The first kappa shape index (κ1) is 19.7. The van der Waals surface area contributed by atoms with E-state index in [0.717, 1.165) is 15.6 Å². The summed E-state index contributed by atoms with van der Waals surface area (Å²) in [5.41, 5.74) is 3.73. The van der Waals surface area contributed by atoms with Crippen LogP contribution in [0.4, 0.5) is 11.4 Å². The molecule has 4 aromatic rings. The molecule has 1 aromatic heterocycles. The highest BCUT2D eigenvalue weighted by Gasteiger charge is 2.16. The molecule has 0 aliphatic carbocycles. The Hall–Kier alpha value is -3.58. The van der Waals surface area contributed by atoms with Gasteiger partial charge in [0.1, 0.15) is 0 Å². The molecular weight excluding hydrogens is 446 g/mol. The molecule has 6 nitrogen and oxygen atoms in total. The summed E-state index contributed by atoms with van der Waals surface area (Å²) < 4.78 is 0.910. The number of non-ortho nitro benzene ring substituents is 1. The standard InChI is InChI=1S/C23H16BrN3O3/c1-14-9-10-17(27(29)30)12-21(14)26-23(28)19-13-22(15-5-4-6-16(24)11-15)25-20-8-3-2-7-18(19)20/h2-13H,1H3,(H,26,28). The Morgan fingerprint density at radius 2 is 1.83 bits per heavy atom. The predicted molar refractivity (Wildman–Crippen MR) is 121 cm³/mol. The van der Waals surface area contributed by atoms with Gasteiger partial charge in [0.25, 0.3) is 11.6 Å². The van der Waals surface area contributed by atoms with E-state index in [1.165, 1.54) is 12.1 Å². The first-order chi connectivity index (χ1) is 14.4. The van der Waals surface area contributed by atoms with Crippen molar-refractivity contribution in [2.24, 2.45) is 0 Å². The van der Waals surface area contributed by atoms with Crippen LogP contribution in [0.1, 0.15) is 15.9 Å². The van der Waals surface area contributed by atoms with Gasteiger partial charge in [0.15, 0.2) is 0 Å². The second kappa shape index (κ2) is 8.04. The molecule has 0 bridgehead atoms. The summed E-state index contributed by atoms with van der Waals surface area (Å²) in [7, 11) is 0. The minimum atomic E-state index is -0.484. The third kappa shape index (κ3) is 3.92. The second-order valence-electron chi connectivity index (χ2n) is 6.79. The number of nitro groups is 1. The molecule has 0 saturated carbocycles. The summed E-state index contributed by atoms with van der Waals surface area (Å²) in [6.07, 6.45) is 0. The Balaban J connectivity index is 1.81. The van der Waals surface area contributed by atoms with Crippen LogP contribution in [0.25, 0.3) is 22.2 Å². The van der Waals surface area contributed by atoms with Gasteiger partial charge in [-0.25, -0.2) is 4.98 Å². The smallest absolute Gasteiger partial charge is 0.271 e. The van der Waals surface area contributed by atoms with Crippen molar-refractivity contribution in [1.29, 1.82) is 0 Å². The molecular formula is C23H16BrN3O3. The highest BCUT2D eigenvalue weighted by Crippen LogP contribution is 2.28. The molecule has 0 fully saturated rings. The van der Waals surface area contributed by atoms with E-state index in [2.05, 4.69) is 21.2 Å². The van der Waals surface area contributed by atoms with E-state index in [-0.39, 0.29) is 11.6 Å². The number of fused-ring (bicyclic) bond motifs is 1. The predicted octanol–water partition coefficient (Wildman–Crippen LogP) is 6.13. The molecule has 0 atom stereocenters. The average molecular weight is 462 g/mol. The summed E-state index contributed by atoms with van der Waals surface area (Å²) in [4.78, 5) is 28.5. The molecule has 0 aliphatic rings. The minimum absolute atomic E-state index is 0.0784. The zero-order valence-corrected chi connectivity index (χ0v) is 17.5. The number of nitrogens with zero attached hydrogens (tertiary/aromatic N) is 2. The summed E-state index contributed by atoms with van der Waals surface area (Å²) in [5.74, 6) is -0.353. The highest BCUT2D eigenvalue weighted by molar-refractivity contribution is 9.10. The number of carbonyl (C=O) groups excluding carboxylic acids is 1. The maximum absolute atomic E-state index is 13.2. The third-order valence-electron chi connectivity index (χ3n) is 4.76. The lowest BCUT2D eigenvalue weighted by Crippen LogP contribution is -2.14. The van der Waals surface area contributed by atoms with E-state index in [0.29, 0.717) is 27.8 Å². The fraction of sp³-hybridized carbons (Fsp3) is 0.0435. The Bertz CT molecular complexity index is 1300. The number of pyridine rings is 1. The molecule has 0 radical (unpaired) electrons. The van der Waals surface area contributed by atoms with Crippen LogP contribution in [0.2, 0.25) is 0 Å². The number of para-hydroxylation sites is 1. The zero-order valence-electron chi connectivity index (χ0n) is 15.9. The first-order valence-electron chi connectivity index (χ1n) is 9.14. The second-order valence-corrected chi connectivity index (χ2v) is 7.71. The van der Waals surface area contributed by atoms with Gasteiger partial charge < -0.3 is 5.32 Å². The van der Waals surface area contributed by atoms with E-state index in [1.807, 2.05) is 48.5 Å². The Labute approximate surface area is 180 Å². The number of anilines is 1. The Kier molecular flexibility index (Phi) is 5.29. The molecule has 1 heterocycles. The number of hydrogen-bond donors (Lipinski definition) is 1. The molecule has 4 rings (SSSR count). The van der Waals surface area contributed by atoms with Crippen LogP contribution in [0.5, 0.6) is 0 Å². The van der Waals surface area contributed by atoms with Gasteiger partial charge in [-0.05, 0) is 36.8 Å². The van der Waals surface area contributed by atoms with E-state index in [9.17, 15) is 14.9 Å². The first-order valence-corrected chi connectivity index (χ1v) is 9.94. The number of aryl methyl sites for hydroxylation is 1. The number of halogens is 1. The van der Waals surface area contributed by atoms with Crippen LogP contribution in [0, 0.1) is 17.0 Å². The van der Waals surface area contributed by atoms with Crippen LogP contribution in [0.15, 0.2) is 77.3 Å². The summed E-state index contributed by atoms with van der Waals surface area (Å²) in [5, 5.41) is 14.6. The van der Waals surface area contributed by atoms with Crippen molar-refractivity contribution < 1.29 is 9.72 Å². The number of rotatable bonds is 4. The van der Waals surface area contributed by atoms with Gasteiger partial charge in [0, 0.05) is 27.6 Å². The quantitative estimate of drug-likeness (QED) is 0.292. The van der Waals surface area contributed by atoms with Crippen LogP contribution in [-0.2, 0) is 0 Å². The topological polar surface area (TPSA) is 85.1 Å². The number of hydrogen-bond acceptors (Lipinski definition) is 4. The van der Waals surface area contributed by atoms with Gasteiger partial charge in [-0.1, -0.05) is 52.3 Å². The van der Waals surface area contributed by atoms with Gasteiger partial charge >= 0.3 is 0 Å². The van der Waals surface area contributed by atoms with E-state index in [1.54, 1.807) is 19.1 Å².